The molecular weight excluding hydrogens is 959 g/mol. The number of ether oxygens (including phenoxy) is 6. The van der Waals surface area contributed by atoms with Crippen molar-refractivity contribution in [3.05, 3.63) is 47.6 Å². The molecule has 0 aromatic rings. The topological polar surface area (TPSA) is 259 Å². The zero-order valence-corrected chi connectivity index (χ0v) is 45.7. The molecule has 0 radical (unpaired) electrons. The van der Waals surface area contributed by atoms with Crippen LogP contribution in [0.25, 0.3) is 0 Å². The van der Waals surface area contributed by atoms with Gasteiger partial charge in [-0.3, -0.25) is 19.2 Å². The summed E-state index contributed by atoms with van der Waals surface area (Å²) >= 11 is 0. The SMILES string of the molecule is CO[C@H]1CC2CC[C@@H](C)[C@@](O)(O2)C(=O)C(=O)[N+]2(O)CCCC[C@H]2C(=O)O[C@H]([C@H](C)C[C@@H]2CC[C@@H](OC(=O)C(C)(CO)CO)[C@H](OC)C2)CC(=O)[C@H](C)/C=C(\C)C(O)[C@@H](OC)C(=O)[C@H](C)C[C@H](C)/C=C/C=C/C=C/1C. The molecule has 2 bridgehead atoms. The summed E-state index contributed by atoms with van der Waals surface area (Å²) in [5.74, 6) is -10.7. The van der Waals surface area contributed by atoms with Crippen molar-refractivity contribution < 1.29 is 87.5 Å². The summed E-state index contributed by atoms with van der Waals surface area (Å²) < 4.78 is 33.6. The summed E-state index contributed by atoms with van der Waals surface area (Å²) in [5.41, 5.74) is -0.364. The lowest BCUT2D eigenvalue weighted by atomic mass is 9.78. The number of amides is 1. The van der Waals surface area contributed by atoms with Gasteiger partial charge in [-0.15, -0.1) is 4.65 Å². The number of piperidine rings is 1. The number of hydroxylamine groups is 3. The van der Waals surface area contributed by atoms with E-state index >= 15 is 0 Å². The Morgan fingerprint density at radius 3 is 2.19 bits per heavy atom. The molecule has 18 heteroatoms. The zero-order valence-electron chi connectivity index (χ0n) is 45.7. The van der Waals surface area contributed by atoms with Gasteiger partial charge in [0.2, 0.25) is 11.8 Å². The number of aliphatic hydroxyl groups is 4. The van der Waals surface area contributed by atoms with Crippen molar-refractivity contribution in [2.24, 2.45) is 40.9 Å². The number of carbonyl (C=O) groups excluding carboxylic acids is 6. The van der Waals surface area contributed by atoms with E-state index < -0.39 is 125 Å². The van der Waals surface area contributed by atoms with Gasteiger partial charge in [0.15, 0.2) is 5.78 Å². The number of esters is 2. The number of aliphatic hydroxyl groups excluding tert-OH is 3. The van der Waals surface area contributed by atoms with Crippen molar-refractivity contribution in [3.8, 4) is 0 Å². The maximum absolute atomic E-state index is 14.6. The molecule has 3 fully saturated rings. The van der Waals surface area contributed by atoms with Crippen LogP contribution in [0.3, 0.4) is 0 Å². The molecule has 0 aromatic heterocycles. The van der Waals surface area contributed by atoms with Crippen LogP contribution in [0.5, 0.6) is 0 Å². The van der Waals surface area contributed by atoms with E-state index in [2.05, 4.69) is 0 Å². The van der Waals surface area contributed by atoms with E-state index in [0.29, 0.717) is 56.9 Å². The van der Waals surface area contributed by atoms with E-state index in [9.17, 15) is 54.4 Å². The Kier molecular flexibility index (Phi) is 23.7. The largest absolute Gasteiger partial charge is 0.459 e. The van der Waals surface area contributed by atoms with Crippen LogP contribution in [0, 0.1) is 40.9 Å². The highest BCUT2D eigenvalue weighted by Gasteiger charge is 2.61. The standard InChI is InChI=1S/C56H88NO17/c1-33-17-13-12-14-18-34(2)45(69-9)29-41-22-20-39(7)56(67,74-41)51(63)52(64)57(68)24-16-15-19-42(57)53(65)72-46(30-43(60)35(3)26-38(6)49(62)50(71-11)48(61)37(5)25-33)36(4)27-40-21-23-44(47(28-40)70-10)73-54(66)55(8,31-58)32-59/h12-14,17-18,26,33,35-37,39-42,44-47,49-50,58-59,62,67-68H,15-16,19-25,27-32H2,1-11H3/q+1/b14-12+,17-13+,34-18+,38-26+/t33-,35-,36-,37-,39-,40+,41?,42+,44-,45+,46+,47-,49?,50+,56-,57?/m1/s1. The third-order valence-electron chi connectivity index (χ3n) is 16.2. The summed E-state index contributed by atoms with van der Waals surface area (Å²) in [6.45, 7) is 12.1. The van der Waals surface area contributed by atoms with Crippen LogP contribution >= 0.6 is 0 Å². The Bertz CT molecular complexity index is 2060. The minimum Gasteiger partial charge on any atom is -0.459 e. The number of cyclic esters (lactones) is 1. The van der Waals surface area contributed by atoms with Gasteiger partial charge in [0.05, 0.1) is 31.5 Å². The van der Waals surface area contributed by atoms with E-state index in [4.69, 9.17) is 28.4 Å². The van der Waals surface area contributed by atoms with Gasteiger partial charge >= 0.3 is 23.6 Å². The highest BCUT2D eigenvalue weighted by Crippen LogP contribution is 2.39. The van der Waals surface area contributed by atoms with Crippen LogP contribution in [-0.2, 0) is 57.2 Å². The second-order valence-corrected chi connectivity index (χ2v) is 22.2. The number of allylic oxidation sites excluding steroid dienone is 6. The van der Waals surface area contributed by atoms with Crippen LogP contribution in [-0.4, -0.2) is 161 Å². The van der Waals surface area contributed by atoms with Gasteiger partial charge in [0.1, 0.15) is 42.2 Å². The van der Waals surface area contributed by atoms with Crippen molar-refractivity contribution in [3.63, 3.8) is 0 Å². The molecule has 2 saturated heterocycles. The average molecular weight is 1050 g/mol. The average Bonchev–Trinajstić information content (AvgIpc) is 3.37. The van der Waals surface area contributed by atoms with Crippen LogP contribution in [0.15, 0.2) is 47.6 Å². The lowest BCUT2D eigenvalue weighted by Crippen LogP contribution is -2.68. The van der Waals surface area contributed by atoms with E-state index in [1.165, 1.54) is 28.3 Å². The fourth-order valence-corrected chi connectivity index (χ4v) is 10.9. The summed E-state index contributed by atoms with van der Waals surface area (Å²) in [7, 11) is 4.37. The normalized spacial score (nSPS) is 39.1. The van der Waals surface area contributed by atoms with Crippen molar-refractivity contribution in [1.82, 2.24) is 0 Å². The fraction of sp³-hybridized carbons (Fsp3) is 0.750. The Morgan fingerprint density at radius 2 is 1.55 bits per heavy atom. The van der Waals surface area contributed by atoms with Gasteiger partial charge in [-0.1, -0.05) is 71.1 Å². The molecule has 3 heterocycles. The molecule has 74 heavy (non-hydrogen) atoms. The van der Waals surface area contributed by atoms with Gasteiger partial charge in [-0.25, -0.2) is 14.8 Å². The van der Waals surface area contributed by atoms with Crippen LogP contribution in [0.1, 0.15) is 132 Å². The maximum atomic E-state index is 14.6. The number of fused-ring (bicyclic) bond motifs is 3. The predicted octanol–water partition coefficient (Wildman–Crippen LogP) is 5.63. The van der Waals surface area contributed by atoms with Crippen molar-refractivity contribution in [2.45, 2.75) is 187 Å². The van der Waals surface area contributed by atoms with E-state index in [1.807, 2.05) is 51.2 Å². The Morgan fingerprint density at radius 1 is 0.865 bits per heavy atom. The lowest BCUT2D eigenvalue weighted by Gasteiger charge is -2.43. The summed E-state index contributed by atoms with van der Waals surface area (Å²) in [5, 5.41) is 55.4. The molecule has 1 aliphatic carbocycles. The number of ketones is 3. The quantitative estimate of drug-likeness (QED) is 0.0584. The molecule has 16 atom stereocenters. The molecular formula is C56H88NO17+. The molecule has 1 amide bonds. The monoisotopic (exact) mass is 1050 g/mol. The minimum atomic E-state index is -2.63. The molecule has 4 rings (SSSR count). The highest BCUT2D eigenvalue weighted by atomic mass is 16.6. The first-order valence-electron chi connectivity index (χ1n) is 26.6. The van der Waals surface area contributed by atoms with Crippen LogP contribution < -0.4 is 0 Å². The molecule has 418 valence electrons. The Balaban J connectivity index is 1.72. The fourth-order valence-electron chi connectivity index (χ4n) is 10.9. The third-order valence-corrected chi connectivity index (χ3v) is 16.2. The molecule has 5 N–H and O–H groups in total. The number of quaternary nitrogens is 1. The first kappa shape index (κ1) is 62.7. The lowest BCUT2D eigenvalue weighted by molar-refractivity contribution is -1.05. The van der Waals surface area contributed by atoms with E-state index in [1.54, 1.807) is 33.8 Å². The molecule has 0 aromatic carbocycles. The first-order chi connectivity index (χ1) is 34.8. The molecule has 4 aliphatic rings. The zero-order chi connectivity index (χ0) is 55.3. The summed E-state index contributed by atoms with van der Waals surface area (Å²) in [6.07, 6.45) is 8.21. The number of methoxy groups -OCH3 is 3. The van der Waals surface area contributed by atoms with Crippen LogP contribution in [0.2, 0.25) is 0 Å². The van der Waals surface area contributed by atoms with E-state index in [0.717, 1.165) is 5.57 Å². The number of rotatable bonds is 10. The maximum Gasteiger partial charge on any atom is 0.420 e. The number of nitrogens with zero attached hydrogens (tertiary/aromatic N) is 1. The Labute approximate surface area is 438 Å². The van der Waals surface area contributed by atoms with Crippen molar-refractivity contribution in [2.75, 3.05) is 41.1 Å². The van der Waals surface area contributed by atoms with E-state index in [-0.39, 0.29) is 55.6 Å². The Hall–Kier alpha value is -3.82. The van der Waals surface area contributed by atoms with Crippen molar-refractivity contribution >= 4 is 35.2 Å². The summed E-state index contributed by atoms with van der Waals surface area (Å²) in [6, 6.07) is -1.59. The number of hydrogen-bond acceptors (Lipinski definition) is 17. The summed E-state index contributed by atoms with van der Waals surface area (Å²) in [4.78, 5) is 84.5. The highest BCUT2D eigenvalue weighted by molar-refractivity contribution is 6.36. The second-order valence-electron chi connectivity index (χ2n) is 22.2. The molecule has 18 nitrogen and oxygen atoms in total. The number of Topliss-reactive ketones (excluding diaryl/α,β-unsaturated/α-hetero) is 3. The predicted molar refractivity (Wildman–Crippen MR) is 271 cm³/mol. The van der Waals surface area contributed by atoms with Gasteiger partial charge < -0.3 is 48.8 Å². The number of hydrogen-bond donors (Lipinski definition) is 5. The molecule has 3 aliphatic heterocycles. The van der Waals surface area contributed by atoms with Gasteiger partial charge in [-0.2, -0.15) is 0 Å². The molecule has 0 spiro atoms. The second kappa shape index (κ2) is 28.0. The third kappa shape index (κ3) is 15.4. The first-order valence-corrected chi connectivity index (χ1v) is 26.6. The smallest absolute Gasteiger partial charge is 0.420 e. The van der Waals surface area contributed by atoms with Crippen LogP contribution in [0.4, 0.5) is 0 Å². The van der Waals surface area contributed by atoms with Gasteiger partial charge in [0.25, 0.3) is 0 Å². The number of carbonyl (C=O) groups is 6. The van der Waals surface area contributed by atoms with Crippen molar-refractivity contribution in [1.29, 1.82) is 0 Å². The van der Waals surface area contributed by atoms with Gasteiger partial charge in [-0.05, 0) is 101 Å². The molecule has 3 unspecified atom stereocenters. The minimum absolute atomic E-state index is 0.0230. The van der Waals surface area contributed by atoms with Gasteiger partial charge in [0, 0.05) is 64.8 Å². The molecule has 1 saturated carbocycles.